The Morgan fingerprint density at radius 3 is 1.96 bits per heavy atom. The monoisotopic (exact) mass is 389 g/mol. The van der Waals surface area contributed by atoms with Crippen molar-refractivity contribution in [1.29, 1.82) is 0 Å². The SMILES string of the molecule is O=S(=O)([O-])c1ccc(-c2ccc(O)c(-n3nc4ccccc4n3)c2)cc1.[Na+]. The van der Waals surface area contributed by atoms with Gasteiger partial charge in [-0.1, -0.05) is 30.3 Å². The summed E-state index contributed by atoms with van der Waals surface area (Å²) in [6.07, 6.45) is 0. The van der Waals surface area contributed by atoms with Gasteiger partial charge in [0.1, 0.15) is 32.6 Å². The molecule has 0 saturated carbocycles. The Morgan fingerprint density at radius 1 is 0.852 bits per heavy atom. The number of nitrogens with zero attached hydrogens (tertiary/aromatic N) is 3. The van der Waals surface area contributed by atoms with Crippen LogP contribution in [0.5, 0.6) is 5.75 Å². The van der Waals surface area contributed by atoms with Crippen LogP contribution in [0.25, 0.3) is 27.8 Å². The van der Waals surface area contributed by atoms with Gasteiger partial charge < -0.3 is 9.66 Å². The van der Waals surface area contributed by atoms with Gasteiger partial charge in [0.15, 0.2) is 0 Å². The van der Waals surface area contributed by atoms with E-state index in [1.165, 1.54) is 35.1 Å². The summed E-state index contributed by atoms with van der Waals surface area (Å²) in [5.41, 5.74) is 3.19. The zero-order chi connectivity index (χ0) is 18.3. The maximum absolute atomic E-state index is 11.0. The van der Waals surface area contributed by atoms with Gasteiger partial charge in [0.2, 0.25) is 0 Å². The molecule has 0 aliphatic heterocycles. The second kappa shape index (κ2) is 7.41. The zero-order valence-electron chi connectivity index (χ0n) is 14.3. The number of hydrogen-bond donors (Lipinski definition) is 1. The van der Waals surface area contributed by atoms with Crippen LogP contribution in [0.4, 0.5) is 0 Å². The van der Waals surface area contributed by atoms with Crippen molar-refractivity contribution >= 4 is 21.2 Å². The zero-order valence-corrected chi connectivity index (χ0v) is 17.1. The summed E-state index contributed by atoms with van der Waals surface area (Å²) in [5.74, 6) is 0.00723. The molecular weight excluding hydrogens is 377 g/mol. The Bertz CT molecular complexity index is 1190. The van der Waals surface area contributed by atoms with Crippen LogP contribution >= 0.6 is 0 Å². The summed E-state index contributed by atoms with van der Waals surface area (Å²) >= 11 is 0. The van der Waals surface area contributed by atoms with Gasteiger partial charge in [-0.15, -0.1) is 15.0 Å². The third kappa shape index (κ3) is 3.90. The molecule has 3 aromatic carbocycles. The summed E-state index contributed by atoms with van der Waals surface area (Å²) in [4.78, 5) is 1.06. The summed E-state index contributed by atoms with van der Waals surface area (Å²) < 4.78 is 33.1. The van der Waals surface area contributed by atoms with Crippen LogP contribution in [-0.4, -0.2) is 33.1 Å². The van der Waals surface area contributed by atoms with Crippen LogP contribution in [0.15, 0.2) is 71.6 Å². The number of rotatable bonds is 3. The quantitative estimate of drug-likeness (QED) is 0.381. The topological polar surface area (TPSA) is 108 Å². The van der Waals surface area contributed by atoms with Crippen molar-refractivity contribution in [2.75, 3.05) is 0 Å². The smallest absolute Gasteiger partial charge is 0.744 e. The predicted octanol–water partition coefficient (Wildman–Crippen LogP) is -0.299. The van der Waals surface area contributed by atoms with Crippen molar-refractivity contribution in [3.05, 3.63) is 66.7 Å². The van der Waals surface area contributed by atoms with Crippen LogP contribution in [-0.2, 0) is 10.1 Å². The largest absolute Gasteiger partial charge is 1.00 e. The molecule has 4 aromatic rings. The van der Waals surface area contributed by atoms with Gasteiger partial charge >= 0.3 is 29.6 Å². The molecule has 0 spiro atoms. The van der Waals surface area contributed by atoms with Gasteiger partial charge in [-0.25, -0.2) is 8.42 Å². The molecule has 0 aliphatic rings. The fourth-order valence-electron chi connectivity index (χ4n) is 2.64. The molecule has 0 unspecified atom stereocenters. The van der Waals surface area contributed by atoms with E-state index in [-0.39, 0.29) is 40.2 Å². The van der Waals surface area contributed by atoms with Crippen LogP contribution in [0.2, 0.25) is 0 Å². The van der Waals surface area contributed by atoms with E-state index in [1.807, 2.05) is 24.3 Å². The fraction of sp³-hybridized carbons (Fsp3) is 0. The molecule has 1 heterocycles. The van der Waals surface area contributed by atoms with Crippen LogP contribution in [0.3, 0.4) is 0 Å². The summed E-state index contributed by atoms with van der Waals surface area (Å²) in [6, 6.07) is 17.8. The average Bonchev–Trinajstić information content (AvgIpc) is 3.05. The molecule has 7 nitrogen and oxygen atoms in total. The first kappa shape index (κ1) is 19.5. The standard InChI is InChI=1S/C18H13N3O4S.Na/c22-18-10-7-13(12-5-8-14(9-6-12)26(23,24)25)11-17(18)21-19-15-3-1-2-4-16(15)20-21;/h1-11,22H,(H,23,24,25);/q;+1/p-1. The second-order valence-electron chi connectivity index (χ2n) is 5.66. The van der Waals surface area contributed by atoms with E-state index in [1.54, 1.807) is 12.1 Å². The van der Waals surface area contributed by atoms with Crippen LogP contribution in [0.1, 0.15) is 0 Å². The molecule has 0 amide bonds. The third-order valence-corrected chi connectivity index (χ3v) is 4.80. The van der Waals surface area contributed by atoms with Crippen LogP contribution in [0, 0.1) is 0 Å². The molecule has 0 saturated heterocycles. The first-order chi connectivity index (χ1) is 12.4. The number of aromatic hydroxyl groups is 1. The maximum atomic E-state index is 11.0. The number of phenols is 1. The minimum atomic E-state index is -4.49. The Balaban J connectivity index is 0.00000210. The Labute approximate surface area is 177 Å². The van der Waals surface area contributed by atoms with Gasteiger partial charge in [-0.3, -0.25) is 0 Å². The normalized spacial score (nSPS) is 11.3. The molecule has 0 aliphatic carbocycles. The van der Waals surface area contributed by atoms with E-state index in [4.69, 9.17) is 0 Å². The van der Waals surface area contributed by atoms with Gasteiger partial charge in [-0.2, -0.15) is 0 Å². The van der Waals surface area contributed by atoms with Gasteiger partial charge in [0, 0.05) is 0 Å². The molecular formula is C18H12N3NaO4S. The maximum Gasteiger partial charge on any atom is 1.00 e. The van der Waals surface area contributed by atoms with E-state index >= 15 is 0 Å². The summed E-state index contributed by atoms with van der Waals surface area (Å²) in [5, 5.41) is 18.9. The first-order valence-corrected chi connectivity index (χ1v) is 9.04. The van der Waals surface area contributed by atoms with Crippen molar-refractivity contribution in [3.8, 4) is 22.6 Å². The van der Waals surface area contributed by atoms with Crippen molar-refractivity contribution in [1.82, 2.24) is 15.0 Å². The number of fused-ring (bicyclic) bond motifs is 1. The van der Waals surface area contributed by atoms with Gasteiger partial charge in [0.25, 0.3) is 0 Å². The number of aromatic nitrogens is 3. The van der Waals surface area contributed by atoms with Crippen molar-refractivity contribution in [2.24, 2.45) is 0 Å². The van der Waals surface area contributed by atoms with E-state index in [9.17, 15) is 18.1 Å². The molecule has 27 heavy (non-hydrogen) atoms. The molecule has 0 fully saturated rings. The minimum Gasteiger partial charge on any atom is -0.744 e. The molecule has 0 bridgehead atoms. The fourth-order valence-corrected chi connectivity index (χ4v) is 3.11. The molecule has 1 N–H and O–H groups in total. The molecule has 9 heteroatoms. The minimum absolute atomic E-state index is 0. The Kier molecular flexibility index (Phi) is 5.36. The Hall–Kier alpha value is -2.23. The van der Waals surface area contributed by atoms with E-state index in [0.29, 0.717) is 27.8 Å². The van der Waals surface area contributed by atoms with Crippen LogP contribution < -0.4 is 29.6 Å². The van der Waals surface area contributed by atoms with Crippen molar-refractivity contribution < 1.29 is 47.6 Å². The number of benzene rings is 3. The molecule has 0 atom stereocenters. The average molecular weight is 389 g/mol. The van der Waals surface area contributed by atoms with E-state index in [2.05, 4.69) is 10.2 Å². The summed E-state index contributed by atoms with van der Waals surface area (Å²) in [7, 11) is -4.49. The molecule has 130 valence electrons. The second-order valence-corrected chi connectivity index (χ2v) is 7.04. The van der Waals surface area contributed by atoms with Crippen molar-refractivity contribution in [3.63, 3.8) is 0 Å². The van der Waals surface area contributed by atoms with E-state index in [0.717, 1.165) is 0 Å². The molecule has 0 radical (unpaired) electrons. The van der Waals surface area contributed by atoms with E-state index < -0.39 is 10.1 Å². The molecule has 1 aromatic heterocycles. The number of phenolic OH excluding ortho intramolecular Hbond substituents is 1. The van der Waals surface area contributed by atoms with Crippen molar-refractivity contribution in [2.45, 2.75) is 4.90 Å². The first-order valence-electron chi connectivity index (χ1n) is 7.64. The predicted molar refractivity (Wildman–Crippen MR) is 93.9 cm³/mol. The molecule has 4 rings (SSSR count). The number of hydrogen-bond acceptors (Lipinski definition) is 6. The van der Waals surface area contributed by atoms with Gasteiger partial charge in [-0.05, 0) is 47.5 Å². The Morgan fingerprint density at radius 2 is 1.41 bits per heavy atom. The summed E-state index contributed by atoms with van der Waals surface area (Å²) in [6.45, 7) is 0. The third-order valence-electron chi connectivity index (χ3n) is 3.95. The van der Waals surface area contributed by atoms with Gasteiger partial charge in [0.05, 0.1) is 4.90 Å².